The quantitative estimate of drug-likeness (QED) is 0.824. The molecule has 0 amide bonds. The fourth-order valence-electron chi connectivity index (χ4n) is 2.78. The Morgan fingerprint density at radius 1 is 1.17 bits per heavy atom. The van der Waals surface area contributed by atoms with Crippen LogP contribution >= 0.6 is 0 Å². The Morgan fingerprint density at radius 3 is 2.56 bits per heavy atom. The van der Waals surface area contributed by atoms with Crippen molar-refractivity contribution >= 4 is 5.82 Å². The van der Waals surface area contributed by atoms with Crippen LogP contribution in [0.15, 0.2) is 12.4 Å². The van der Waals surface area contributed by atoms with Crippen molar-refractivity contribution in [2.24, 2.45) is 5.92 Å². The van der Waals surface area contributed by atoms with E-state index in [0.717, 1.165) is 31.7 Å². The zero-order chi connectivity index (χ0) is 12.4. The monoisotopic (exact) mass is 249 g/mol. The molecule has 3 rings (SSSR count). The molecule has 1 saturated heterocycles. The van der Waals surface area contributed by atoms with Crippen LogP contribution in [0.5, 0.6) is 0 Å². The van der Waals surface area contributed by atoms with Crippen LogP contribution in [0.25, 0.3) is 0 Å². The predicted molar refractivity (Wildman–Crippen MR) is 69.5 cm³/mol. The molecule has 1 aliphatic heterocycles. The van der Waals surface area contributed by atoms with E-state index in [-0.39, 0.29) is 12.6 Å². The van der Waals surface area contributed by atoms with Gasteiger partial charge < -0.3 is 4.90 Å². The second kappa shape index (κ2) is 5.21. The predicted octanol–water partition coefficient (Wildman–Crippen LogP) is 2.93. The first-order chi connectivity index (χ1) is 8.86. The number of anilines is 1. The molecule has 0 bridgehead atoms. The largest absolute Gasteiger partial charge is 0.356 e. The van der Waals surface area contributed by atoms with Crippen molar-refractivity contribution in [3.8, 4) is 0 Å². The standard InChI is InChI=1S/C14H20FN3/c15-9-11-4-6-18(7-5-11)14-8-13(16-10-17-14)12-2-1-3-12/h8,10-12H,1-7,9H2. The van der Waals surface area contributed by atoms with E-state index in [1.54, 1.807) is 6.33 Å². The number of nitrogens with zero attached hydrogens (tertiary/aromatic N) is 3. The van der Waals surface area contributed by atoms with Gasteiger partial charge in [-0.3, -0.25) is 4.39 Å². The van der Waals surface area contributed by atoms with Crippen LogP contribution in [0.2, 0.25) is 0 Å². The van der Waals surface area contributed by atoms with Gasteiger partial charge in [-0.15, -0.1) is 0 Å². The maximum Gasteiger partial charge on any atom is 0.132 e. The van der Waals surface area contributed by atoms with Gasteiger partial charge in [0.15, 0.2) is 0 Å². The molecule has 1 aliphatic carbocycles. The van der Waals surface area contributed by atoms with Crippen LogP contribution in [0.4, 0.5) is 10.2 Å². The van der Waals surface area contributed by atoms with Crippen molar-refractivity contribution in [3.05, 3.63) is 18.1 Å². The number of aromatic nitrogens is 2. The molecule has 4 heteroatoms. The molecule has 1 aromatic rings. The van der Waals surface area contributed by atoms with Gasteiger partial charge in [-0.2, -0.15) is 0 Å². The number of halogens is 1. The van der Waals surface area contributed by atoms with Crippen LogP contribution in [0.1, 0.15) is 43.7 Å². The molecule has 2 heterocycles. The number of rotatable bonds is 3. The van der Waals surface area contributed by atoms with E-state index in [0.29, 0.717) is 5.92 Å². The lowest BCUT2D eigenvalue weighted by molar-refractivity contribution is 0.307. The Labute approximate surface area is 107 Å². The fraction of sp³-hybridized carbons (Fsp3) is 0.714. The van der Waals surface area contributed by atoms with E-state index >= 15 is 0 Å². The number of piperidine rings is 1. The first-order valence-corrected chi connectivity index (χ1v) is 6.99. The van der Waals surface area contributed by atoms with E-state index < -0.39 is 0 Å². The molecule has 0 spiro atoms. The Hall–Kier alpha value is -1.19. The fourth-order valence-corrected chi connectivity index (χ4v) is 2.78. The van der Waals surface area contributed by atoms with E-state index in [9.17, 15) is 4.39 Å². The van der Waals surface area contributed by atoms with Gasteiger partial charge in [-0.25, -0.2) is 9.97 Å². The first kappa shape index (κ1) is 11.9. The van der Waals surface area contributed by atoms with Gasteiger partial charge in [-0.05, 0) is 31.6 Å². The van der Waals surface area contributed by atoms with Gasteiger partial charge in [0.25, 0.3) is 0 Å². The highest BCUT2D eigenvalue weighted by atomic mass is 19.1. The molecule has 2 aliphatic rings. The Kier molecular flexibility index (Phi) is 3.43. The van der Waals surface area contributed by atoms with E-state index in [2.05, 4.69) is 20.9 Å². The SMILES string of the molecule is FCC1CCN(c2cc(C3CCC3)ncn2)CC1. The third-order valence-electron chi connectivity index (χ3n) is 4.35. The highest BCUT2D eigenvalue weighted by Gasteiger charge is 2.24. The maximum absolute atomic E-state index is 12.6. The molecular formula is C14H20FN3. The van der Waals surface area contributed by atoms with E-state index in [4.69, 9.17) is 0 Å². The average molecular weight is 249 g/mol. The topological polar surface area (TPSA) is 29.0 Å². The molecule has 0 N–H and O–H groups in total. The molecule has 1 saturated carbocycles. The van der Waals surface area contributed by atoms with Gasteiger partial charge in [-0.1, -0.05) is 6.42 Å². The van der Waals surface area contributed by atoms with Crippen molar-refractivity contribution in [1.29, 1.82) is 0 Å². The molecule has 3 nitrogen and oxygen atoms in total. The summed E-state index contributed by atoms with van der Waals surface area (Å²) in [4.78, 5) is 11.0. The minimum atomic E-state index is -0.176. The highest BCUT2D eigenvalue weighted by molar-refractivity contribution is 5.40. The second-order valence-electron chi connectivity index (χ2n) is 5.51. The summed E-state index contributed by atoms with van der Waals surface area (Å²) in [6.45, 7) is 1.68. The van der Waals surface area contributed by atoms with Crippen LogP contribution < -0.4 is 4.90 Å². The number of hydrogen-bond acceptors (Lipinski definition) is 3. The van der Waals surface area contributed by atoms with Crippen molar-refractivity contribution in [3.63, 3.8) is 0 Å². The molecule has 98 valence electrons. The summed E-state index contributed by atoms with van der Waals surface area (Å²) in [7, 11) is 0. The smallest absolute Gasteiger partial charge is 0.132 e. The second-order valence-corrected chi connectivity index (χ2v) is 5.51. The molecule has 18 heavy (non-hydrogen) atoms. The summed E-state index contributed by atoms with van der Waals surface area (Å²) >= 11 is 0. The molecule has 0 atom stereocenters. The van der Waals surface area contributed by atoms with Crippen LogP contribution in [-0.4, -0.2) is 29.7 Å². The van der Waals surface area contributed by atoms with E-state index in [1.165, 1.54) is 25.0 Å². The van der Waals surface area contributed by atoms with Gasteiger partial charge >= 0.3 is 0 Å². The Morgan fingerprint density at radius 2 is 1.94 bits per heavy atom. The zero-order valence-corrected chi connectivity index (χ0v) is 10.7. The third-order valence-corrected chi connectivity index (χ3v) is 4.35. The van der Waals surface area contributed by atoms with Crippen molar-refractivity contribution in [1.82, 2.24) is 9.97 Å². The summed E-state index contributed by atoms with van der Waals surface area (Å²) in [6.07, 6.45) is 7.43. The Balaban J connectivity index is 1.68. The highest BCUT2D eigenvalue weighted by Crippen LogP contribution is 2.36. The minimum Gasteiger partial charge on any atom is -0.356 e. The minimum absolute atomic E-state index is 0.176. The van der Waals surface area contributed by atoms with E-state index in [1.807, 2.05) is 0 Å². The molecule has 0 unspecified atom stereocenters. The lowest BCUT2D eigenvalue weighted by Crippen LogP contribution is -2.35. The van der Waals surface area contributed by atoms with Crippen LogP contribution in [-0.2, 0) is 0 Å². The van der Waals surface area contributed by atoms with Crippen LogP contribution in [0.3, 0.4) is 0 Å². The summed E-state index contributed by atoms with van der Waals surface area (Å²) in [5.41, 5.74) is 1.19. The normalized spacial score (nSPS) is 21.9. The summed E-state index contributed by atoms with van der Waals surface area (Å²) in [6, 6.07) is 2.14. The molecule has 1 aromatic heterocycles. The maximum atomic E-state index is 12.6. The van der Waals surface area contributed by atoms with Crippen molar-refractivity contribution < 1.29 is 4.39 Å². The summed E-state index contributed by atoms with van der Waals surface area (Å²) in [5, 5.41) is 0. The zero-order valence-electron chi connectivity index (χ0n) is 10.7. The molecule has 0 radical (unpaired) electrons. The average Bonchev–Trinajstić information content (AvgIpc) is 2.37. The molecule has 0 aromatic carbocycles. The lowest BCUT2D eigenvalue weighted by Gasteiger charge is -2.32. The number of alkyl halides is 1. The molecule has 2 fully saturated rings. The summed E-state index contributed by atoms with van der Waals surface area (Å²) < 4.78 is 12.6. The van der Waals surface area contributed by atoms with Gasteiger partial charge in [0.05, 0.1) is 6.67 Å². The van der Waals surface area contributed by atoms with Crippen molar-refractivity contribution in [2.75, 3.05) is 24.7 Å². The van der Waals surface area contributed by atoms with Gasteiger partial charge in [0, 0.05) is 30.8 Å². The first-order valence-electron chi connectivity index (χ1n) is 6.99. The Bertz CT molecular complexity index is 398. The third kappa shape index (κ3) is 2.33. The van der Waals surface area contributed by atoms with Gasteiger partial charge in [0.2, 0.25) is 0 Å². The van der Waals surface area contributed by atoms with Crippen LogP contribution in [0, 0.1) is 5.92 Å². The van der Waals surface area contributed by atoms with Gasteiger partial charge in [0.1, 0.15) is 12.1 Å². The summed E-state index contributed by atoms with van der Waals surface area (Å²) in [5.74, 6) is 1.94. The lowest BCUT2D eigenvalue weighted by atomic mass is 9.83. The molecular weight excluding hydrogens is 229 g/mol. The number of hydrogen-bond donors (Lipinski definition) is 0. The van der Waals surface area contributed by atoms with Crippen molar-refractivity contribution in [2.45, 2.75) is 38.0 Å².